The molecule has 2 saturated heterocycles. The van der Waals surface area contributed by atoms with Crippen molar-refractivity contribution in [2.45, 2.75) is 31.8 Å². The number of hydrogen-bond acceptors (Lipinski definition) is 4. The van der Waals surface area contributed by atoms with Crippen molar-refractivity contribution in [1.82, 2.24) is 15.1 Å². The van der Waals surface area contributed by atoms with Crippen molar-refractivity contribution in [3.63, 3.8) is 0 Å². The maximum atomic E-state index is 12.2. The highest BCUT2D eigenvalue weighted by Crippen LogP contribution is 2.17. The summed E-state index contributed by atoms with van der Waals surface area (Å²) in [6.07, 6.45) is 2.46. The van der Waals surface area contributed by atoms with Crippen LogP contribution in [0.2, 0.25) is 0 Å². The lowest BCUT2D eigenvalue weighted by Crippen LogP contribution is -2.53. The Balaban J connectivity index is 1.82. The van der Waals surface area contributed by atoms with E-state index < -0.39 is 0 Å². The van der Waals surface area contributed by atoms with Gasteiger partial charge in [0.1, 0.15) is 6.04 Å². The molecule has 0 spiro atoms. The summed E-state index contributed by atoms with van der Waals surface area (Å²) in [5.41, 5.74) is 0. The summed E-state index contributed by atoms with van der Waals surface area (Å²) in [5.74, 6) is 0.164. The number of carbonyl (C=O) groups excluding carboxylic acids is 1. The molecule has 0 aliphatic carbocycles. The first kappa shape index (κ1) is 13.8. The van der Waals surface area contributed by atoms with Crippen molar-refractivity contribution in [1.29, 1.82) is 0 Å². The molecule has 2 unspecified atom stereocenters. The van der Waals surface area contributed by atoms with E-state index >= 15 is 0 Å². The van der Waals surface area contributed by atoms with E-state index in [1.54, 1.807) is 0 Å². The normalized spacial score (nSPS) is 29.4. The second-order valence-corrected chi connectivity index (χ2v) is 5.23. The van der Waals surface area contributed by atoms with Crippen molar-refractivity contribution >= 4 is 5.91 Å². The number of likely N-dealkylation sites (tertiary alicyclic amines) is 1. The molecule has 2 aliphatic rings. The summed E-state index contributed by atoms with van der Waals surface area (Å²) in [6, 6.07) is 0.383. The monoisotopic (exact) mass is 255 g/mol. The van der Waals surface area contributed by atoms with Gasteiger partial charge in [-0.1, -0.05) is 6.92 Å². The van der Waals surface area contributed by atoms with Gasteiger partial charge in [-0.2, -0.15) is 0 Å². The average molecular weight is 255 g/mol. The number of morpholine rings is 1. The molecule has 0 radical (unpaired) electrons. The van der Waals surface area contributed by atoms with Crippen molar-refractivity contribution in [2.24, 2.45) is 0 Å². The third-order valence-corrected chi connectivity index (χ3v) is 3.99. The minimum Gasteiger partial charge on any atom is -0.378 e. The molecule has 2 heterocycles. The molecule has 0 aromatic heterocycles. The van der Waals surface area contributed by atoms with Crippen LogP contribution >= 0.6 is 0 Å². The van der Waals surface area contributed by atoms with E-state index in [0.29, 0.717) is 19.3 Å². The van der Waals surface area contributed by atoms with Crippen molar-refractivity contribution in [3.05, 3.63) is 0 Å². The molecule has 2 aliphatic heterocycles. The number of amides is 1. The van der Waals surface area contributed by atoms with Gasteiger partial charge in [-0.25, -0.2) is 0 Å². The minimum absolute atomic E-state index is 0.153. The van der Waals surface area contributed by atoms with Gasteiger partial charge in [-0.3, -0.25) is 9.69 Å². The molecule has 1 N–H and O–H groups in total. The summed E-state index contributed by atoms with van der Waals surface area (Å²) >= 11 is 0. The molecule has 2 rings (SSSR count). The minimum atomic E-state index is -0.153. The van der Waals surface area contributed by atoms with Gasteiger partial charge < -0.3 is 15.0 Å². The molecule has 5 nitrogen and oxygen atoms in total. The van der Waals surface area contributed by atoms with E-state index in [0.717, 1.165) is 19.6 Å². The lowest BCUT2D eigenvalue weighted by Gasteiger charge is -2.31. The summed E-state index contributed by atoms with van der Waals surface area (Å²) in [5, 5.41) is 3.22. The van der Waals surface area contributed by atoms with Gasteiger partial charge in [0, 0.05) is 26.2 Å². The van der Waals surface area contributed by atoms with Crippen molar-refractivity contribution in [2.75, 3.05) is 46.4 Å². The number of rotatable bonds is 4. The molecule has 0 aromatic rings. The second kappa shape index (κ2) is 6.50. The Morgan fingerprint density at radius 1 is 1.56 bits per heavy atom. The maximum Gasteiger partial charge on any atom is 0.241 e. The molecule has 104 valence electrons. The van der Waals surface area contributed by atoms with Crippen LogP contribution in [0.25, 0.3) is 0 Å². The Morgan fingerprint density at radius 3 is 3.06 bits per heavy atom. The number of nitrogens with zero attached hydrogens (tertiary/aromatic N) is 2. The van der Waals surface area contributed by atoms with E-state index in [-0.39, 0.29) is 11.9 Å². The zero-order valence-corrected chi connectivity index (χ0v) is 11.5. The molecule has 0 bridgehead atoms. The number of carbonyl (C=O) groups is 1. The highest BCUT2D eigenvalue weighted by molar-refractivity contribution is 5.82. The van der Waals surface area contributed by atoms with Gasteiger partial charge in [-0.05, 0) is 25.9 Å². The molecular weight excluding hydrogens is 230 g/mol. The number of likely N-dealkylation sites (N-methyl/N-ethyl adjacent to an activating group) is 2. The smallest absolute Gasteiger partial charge is 0.241 e. The van der Waals surface area contributed by atoms with E-state index in [4.69, 9.17) is 4.74 Å². The number of hydrogen-bond donors (Lipinski definition) is 1. The van der Waals surface area contributed by atoms with Crippen molar-refractivity contribution < 1.29 is 9.53 Å². The second-order valence-electron chi connectivity index (χ2n) is 5.23. The van der Waals surface area contributed by atoms with Crippen LogP contribution in [-0.2, 0) is 9.53 Å². The first-order valence-corrected chi connectivity index (χ1v) is 7.02. The summed E-state index contributed by atoms with van der Waals surface area (Å²) in [7, 11) is 1.91. The first-order valence-electron chi connectivity index (χ1n) is 7.02. The Hall–Kier alpha value is -0.650. The fraction of sp³-hybridized carbons (Fsp3) is 0.923. The van der Waals surface area contributed by atoms with Crippen LogP contribution in [0.3, 0.4) is 0 Å². The van der Waals surface area contributed by atoms with E-state index in [1.165, 1.54) is 19.4 Å². The summed E-state index contributed by atoms with van der Waals surface area (Å²) in [6.45, 7) is 7.27. The molecule has 0 saturated carbocycles. The lowest BCUT2D eigenvalue weighted by atomic mass is 10.2. The van der Waals surface area contributed by atoms with Crippen LogP contribution < -0.4 is 5.32 Å². The molecule has 18 heavy (non-hydrogen) atoms. The molecule has 2 fully saturated rings. The molecule has 0 aromatic carbocycles. The number of nitrogens with one attached hydrogen (secondary N) is 1. The van der Waals surface area contributed by atoms with Crippen LogP contribution in [0.5, 0.6) is 0 Å². The summed E-state index contributed by atoms with van der Waals surface area (Å²) < 4.78 is 5.35. The van der Waals surface area contributed by atoms with Crippen LogP contribution in [-0.4, -0.2) is 74.2 Å². The fourth-order valence-electron chi connectivity index (χ4n) is 2.91. The quantitative estimate of drug-likeness (QED) is 0.763. The third-order valence-electron chi connectivity index (χ3n) is 3.99. The van der Waals surface area contributed by atoms with Crippen LogP contribution in [0.15, 0.2) is 0 Å². The third kappa shape index (κ3) is 3.22. The zero-order chi connectivity index (χ0) is 13.0. The zero-order valence-electron chi connectivity index (χ0n) is 11.5. The molecule has 1 amide bonds. The average Bonchev–Trinajstić information content (AvgIpc) is 2.86. The SMILES string of the molecule is CCN1CCCC1CN(C)C(=O)C1COCCN1. The van der Waals surface area contributed by atoms with Gasteiger partial charge in [0.25, 0.3) is 0 Å². The topological polar surface area (TPSA) is 44.8 Å². The first-order chi connectivity index (χ1) is 8.72. The van der Waals surface area contributed by atoms with Gasteiger partial charge in [0.15, 0.2) is 0 Å². The van der Waals surface area contributed by atoms with Gasteiger partial charge >= 0.3 is 0 Å². The van der Waals surface area contributed by atoms with Gasteiger partial charge in [0.2, 0.25) is 5.91 Å². The Kier molecular flexibility index (Phi) is 4.97. The lowest BCUT2D eigenvalue weighted by molar-refractivity contribution is -0.135. The fourth-order valence-corrected chi connectivity index (χ4v) is 2.91. The van der Waals surface area contributed by atoms with E-state index in [2.05, 4.69) is 17.1 Å². The highest BCUT2D eigenvalue weighted by Gasteiger charge is 2.29. The standard InChI is InChI=1S/C13H25N3O2/c1-3-16-7-4-5-11(16)9-15(2)13(17)12-10-18-8-6-14-12/h11-12,14H,3-10H2,1-2H3. The summed E-state index contributed by atoms with van der Waals surface area (Å²) in [4.78, 5) is 16.6. The van der Waals surface area contributed by atoms with Crippen LogP contribution in [0.4, 0.5) is 0 Å². The Labute approximate surface area is 109 Å². The van der Waals surface area contributed by atoms with Gasteiger partial charge in [-0.15, -0.1) is 0 Å². The van der Waals surface area contributed by atoms with Crippen molar-refractivity contribution in [3.8, 4) is 0 Å². The van der Waals surface area contributed by atoms with E-state index in [9.17, 15) is 4.79 Å². The molecule has 5 heteroatoms. The Bertz CT molecular complexity index is 279. The number of ether oxygens (including phenoxy) is 1. The van der Waals surface area contributed by atoms with Crippen LogP contribution in [0, 0.1) is 0 Å². The highest BCUT2D eigenvalue weighted by atomic mass is 16.5. The van der Waals surface area contributed by atoms with Gasteiger partial charge in [0.05, 0.1) is 13.2 Å². The molecular formula is C13H25N3O2. The predicted octanol–water partition coefficient (Wildman–Crippen LogP) is -0.0825. The van der Waals surface area contributed by atoms with Crippen LogP contribution in [0.1, 0.15) is 19.8 Å². The Morgan fingerprint density at radius 2 is 2.39 bits per heavy atom. The largest absolute Gasteiger partial charge is 0.378 e. The predicted molar refractivity (Wildman–Crippen MR) is 70.5 cm³/mol. The van der Waals surface area contributed by atoms with E-state index in [1.807, 2.05) is 11.9 Å². The molecule has 2 atom stereocenters. The maximum absolute atomic E-state index is 12.2.